The molecule has 2 N–H and O–H groups in total. The molecule has 0 saturated carbocycles. The van der Waals surface area contributed by atoms with Crippen LogP contribution < -0.4 is 15.4 Å². The maximum absolute atomic E-state index is 11.6. The molecular weight excluding hydrogens is 268 g/mol. The number of amides is 1. The lowest BCUT2D eigenvalue weighted by atomic mass is 10.0. The van der Waals surface area contributed by atoms with Crippen molar-refractivity contribution in [1.29, 1.82) is 0 Å². The van der Waals surface area contributed by atoms with Crippen LogP contribution in [0.4, 0.5) is 0 Å². The number of rotatable bonds is 7. The van der Waals surface area contributed by atoms with E-state index in [1.54, 1.807) is 7.11 Å². The van der Waals surface area contributed by atoms with Crippen molar-refractivity contribution in [2.24, 2.45) is 0 Å². The molecule has 0 aromatic heterocycles. The van der Waals surface area contributed by atoms with Crippen molar-refractivity contribution in [2.45, 2.75) is 32.4 Å². The molecule has 1 aliphatic rings. The Morgan fingerprint density at radius 2 is 2.24 bits per heavy atom. The molecule has 1 aromatic carbocycles. The summed E-state index contributed by atoms with van der Waals surface area (Å²) in [5.74, 6) is 0.940. The second-order valence-corrected chi connectivity index (χ2v) is 5.89. The van der Waals surface area contributed by atoms with Gasteiger partial charge in [0.2, 0.25) is 5.91 Å². The Balaban J connectivity index is 1.83. The van der Waals surface area contributed by atoms with Crippen molar-refractivity contribution in [3.63, 3.8) is 0 Å². The predicted molar refractivity (Wildman–Crippen MR) is 81.4 cm³/mol. The van der Waals surface area contributed by atoms with Gasteiger partial charge in [0.1, 0.15) is 11.4 Å². The Morgan fingerprint density at radius 1 is 1.43 bits per heavy atom. The van der Waals surface area contributed by atoms with Crippen molar-refractivity contribution in [2.75, 3.05) is 26.8 Å². The molecule has 5 heteroatoms. The molecule has 0 aliphatic carbocycles. The van der Waals surface area contributed by atoms with Crippen molar-refractivity contribution >= 4 is 5.91 Å². The normalized spacial score (nSPS) is 15.4. The topological polar surface area (TPSA) is 59.6 Å². The molecule has 0 fully saturated rings. The molecule has 0 spiro atoms. The molecule has 1 amide bonds. The first kappa shape index (κ1) is 15.8. The van der Waals surface area contributed by atoms with E-state index in [4.69, 9.17) is 9.47 Å². The summed E-state index contributed by atoms with van der Waals surface area (Å²) in [4.78, 5) is 11.6. The summed E-state index contributed by atoms with van der Waals surface area (Å²) < 4.78 is 10.9. The first-order valence-electron chi connectivity index (χ1n) is 7.28. The maximum Gasteiger partial charge on any atom is 0.234 e. The van der Waals surface area contributed by atoms with Gasteiger partial charge in [-0.15, -0.1) is 0 Å². The highest BCUT2D eigenvalue weighted by Crippen LogP contribution is 2.37. The first-order valence-corrected chi connectivity index (χ1v) is 7.28. The summed E-state index contributed by atoms with van der Waals surface area (Å²) in [6.45, 7) is 6.16. The lowest BCUT2D eigenvalue weighted by molar-refractivity contribution is -0.120. The highest BCUT2D eigenvalue weighted by atomic mass is 16.5. The number of carbonyl (C=O) groups is 1. The zero-order chi connectivity index (χ0) is 15.3. The van der Waals surface area contributed by atoms with E-state index in [1.807, 2.05) is 12.1 Å². The fourth-order valence-electron chi connectivity index (χ4n) is 2.48. The van der Waals surface area contributed by atoms with E-state index < -0.39 is 0 Å². The third kappa shape index (κ3) is 4.44. The van der Waals surface area contributed by atoms with Gasteiger partial charge in [0.05, 0.1) is 13.2 Å². The van der Waals surface area contributed by atoms with Crippen LogP contribution in [0.2, 0.25) is 0 Å². The number of methoxy groups -OCH3 is 1. The fourth-order valence-corrected chi connectivity index (χ4v) is 2.48. The molecule has 116 valence electrons. The van der Waals surface area contributed by atoms with Crippen molar-refractivity contribution < 1.29 is 14.3 Å². The second-order valence-electron chi connectivity index (χ2n) is 5.89. The van der Waals surface area contributed by atoms with Gasteiger partial charge in [0, 0.05) is 32.2 Å². The zero-order valence-corrected chi connectivity index (χ0v) is 13.0. The largest absolute Gasteiger partial charge is 0.487 e. The number of ether oxygens (including phenoxy) is 2. The van der Waals surface area contributed by atoms with Gasteiger partial charge < -0.3 is 20.1 Å². The van der Waals surface area contributed by atoms with E-state index in [1.165, 1.54) is 5.56 Å². The molecule has 1 heterocycles. The van der Waals surface area contributed by atoms with Crippen LogP contribution in [0.5, 0.6) is 5.75 Å². The van der Waals surface area contributed by atoms with Gasteiger partial charge in [-0.3, -0.25) is 4.79 Å². The van der Waals surface area contributed by atoms with E-state index in [9.17, 15) is 4.79 Å². The number of carbonyl (C=O) groups excluding carboxylic acids is 1. The van der Waals surface area contributed by atoms with Crippen LogP contribution in [0, 0.1) is 0 Å². The number of fused-ring (bicyclic) bond motifs is 1. The summed E-state index contributed by atoms with van der Waals surface area (Å²) in [7, 11) is 1.61. The maximum atomic E-state index is 11.6. The summed E-state index contributed by atoms with van der Waals surface area (Å²) in [5, 5.41) is 5.93. The quantitative estimate of drug-likeness (QED) is 0.743. The number of nitrogens with one attached hydrogen (secondary N) is 2. The van der Waals surface area contributed by atoms with Crippen molar-refractivity contribution in [3.8, 4) is 5.75 Å². The molecule has 2 rings (SSSR count). The number of hydrogen-bond donors (Lipinski definition) is 2. The minimum absolute atomic E-state index is 0.0270. The molecule has 0 unspecified atom stereocenters. The minimum Gasteiger partial charge on any atom is -0.487 e. The van der Waals surface area contributed by atoms with Crippen molar-refractivity contribution in [1.82, 2.24) is 10.6 Å². The molecule has 21 heavy (non-hydrogen) atoms. The van der Waals surface area contributed by atoms with Crippen LogP contribution >= 0.6 is 0 Å². The second kappa shape index (κ2) is 6.91. The van der Waals surface area contributed by atoms with Gasteiger partial charge in [-0.2, -0.15) is 0 Å². The molecule has 5 nitrogen and oxygen atoms in total. The first-order chi connectivity index (χ1) is 10.0. The Hall–Kier alpha value is -1.59. The zero-order valence-electron chi connectivity index (χ0n) is 13.0. The summed E-state index contributed by atoms with van der Waals surface area (Å²) in [6, 6.07) is 6.18. The molecular formula is C16H24N2O3. The molecule has 0 bridgehead atoms. The van der Waals surface area contributed by atoms with E-state index in [0.29, 0.717) is 19.7 Å². The molecule has 1 aromatic rings. The lowest BCUT2D eigenvalue weighted by Crippen LogP contribution is -2.35. The highest BCUT2D eigenvalue weighted by Gasteiger charge is 2.31. The van der Waals surface area contributed by atoms with E-state index >= 15 is 0 Å². The molecule has 0 radical (unpaired) electrons. The average molecular weight is 292 g/mol. The summed E-state index contributed by atoms with van der Waals surface area (Å²) in [6.07, 6.45) is 0.924. The number of para-hydroxylation sites is 1. The summed E-state index contributed by atoms with van der Waals surface area (Å²) in [5.41, 5.74) is 2.20. The molecule has 1 aliphatic heterocycles. The smallest absolute Gasteiger partial charge is 0.234 e. The Bertz CT molecular complexity index is 500. The van der Waals surface area contributed by atoms with Crippen LogP contribution in [-0.4, -0.2) is 38.3 Å². The van der Waals surface area contributed by atoms with Crippen LogP contribution in [-0.2, 0) is 22.5 Å². The van der Waals surface area contributed by atoms with E-state index in [0.717, 1.165) is 17.7 Å². The lowest BCUT2D eigenvalue weighted by Gasteiger charge is -2.18. The van der Waals surface area contributed by atoms with Crippen LogP contribution in [0.15, 0.2) is 18.2 Å². The number of benzene rings is 1. The average Bonchev–Trinajstić information content (AvgIpc) is 2.74. The fraction of sp³-hybridized carbons (Fsp3) is 0.562. The van der Waals surface area contributed by atoms with Crippen LogP contribution in [0.1, 0.15) is 25.0 Å². The van der Waals surface area contributed by atoms with Crippen LogP contribution in [0.25, 0.3) is 0 Å². The SMILES string of the molecule is COCCNC(=O)CNCc1cccc2c1OC(C)(C)C2. The minimum atomic E-state index is -0.143. The van der Waals surface area contributed by atoms with Gasteiger partial charge in [0.15, 0.2) is 0 Å². The van der Waals surface area contributed by atoms with Gasteiger partial charge in [-0.05, 0) is 19.4 Å². The van der Waals surface area contributed by atoms with Gasteiger partial charge in [-0.25, -0.2) is 0 Å². The van der Waals surface area contributed by atoms with Crippen molar-refractivity contribution in [3.05, 3.63) is 29.3 Å². The van der Waals surface area contributed by atoms with E-state index in [-0.39, 0.29) is 18.1 Å². The number of hydrogen-bond acceptors (Lipinski definition) is 4. The predicted octanol–water partition coefficient (Wildman–Crippen LogP) is 1.25. The molecule has 0 saturated heterocycles. The summed E-state index contributed by atoms with van der Waals surface area (Å²) >= 11 is 0. The Kier molecular flexibility index (Phi) is 5.20. The Morgan fingerprint density at radius 3 is 3.00 bits per heavy atom. The van der Waals surface area contributed by atoms with Crippen LogP contribution in [0.3, 0.4) is 0 Å². The highest BCUT2D eigenvalue weighted by molar-refractivity contribution is 5.77. The standard InChI is InChI=1S/C16H24N2O3/c1-16(2)9-12-5-4-6-13(15(12)21-16)10-17-11-14(19)18-7-8-20-3/h4-6,17H,7-11H2,1-3H3,(H,18,19). The molecule has 0 atom stereocenters. The van der Waals surface area contributed by atoms with Gasteiger partial charge in [-0.1, -0.05) is 18.2 Å². The Labute approximate surface area is 126 Å². The monoisotopic (exact) mass is 292 g/mol. The van der Waals surface area contributed by atoms with Gasteiger partial charge >= 0.3 is 0 Å². The third-order valence-corrected chi connectivity index (χ3v) is 3.40. The van der Waals surface area contributed by atoms with Gasteiger partial charge in [0.25, 0.3) is 0 Å². The van der Waals surface area contributed by atoms with E-state index in [2.05, 4.69) is 30.5 Å². The third-order valence-electron chi connectivity index (χ3n) is 3.40.